The quantitative estimate of drug-likeness (QED) is 0.216. The van der Waals surface area contributed by atoms with Crippen LogP contribution < -0.4 is 0 Å². The topological polar surface area (TPSA) is 30.7 Å². The van der Waals surface area contributed by atoms with Crippen molar-refractivity contribution >= 4 is 53.4 Å². The Kier molecular flexibility index (Phi) is 3.82. The van der Waals surface area contributed by atoms with Crippen molar-refractivity contribution in [2.45, 2.75) is 19.3 Å². The fourth-order valence-corrected chi connectivity index (χ4v) is 7.81. The van der Waals surface area contributed by atoms with E-state index in [0.29, 0.717) is 16.9 Å². The number of benzene rings is 5. The minimum atomic E-state index is -0.320. The van der Waals surface area contributed by atoms with Gasteiger partial charge in [-0.05, 0) is 41.4 Å². The molecule has 0 saturated carbocycles. The average Bonchev–Trinajstić information content (AvgIpc) is 3.60. The molecule has 0 atom stereocenters. The molecule has 4 heteroatoms. The lowest BCUT2D eigenvalue weighted by atomic mass is 9.74. The highest BCUT2D eigenvalue weighted by molar-refractivity contribution is 7.25. The summed E-state index contributed by atoms with van der Waals surface area (Å²) in [6.45, 7) is 4.53. The Hall–Kier alpha value is -4.80. The number of nitrogens with zero attached hydrogens (tertiary/aromatic N) is 3. The van der Waals surface area contributed by atoms with Crippen molar-refractivity contribution in [1.82, 2.24) is 14.5 Å². The van der Waals surface area contributed by atoms with Crippen molar-refractivity contribution in [3.05, 3.63) is 126 Å². The summed E-state index contributed by atoms with van der Waals surface area (Å²) in [5, 5.41) is 4.16. The molecule has 0 aliphatic carbocycles. The molecule has 9 rings (SSSR count). The van der Waals surface area contributed by atoms with Crippen molar-refractivity contribution < 1.29 is 5.48 Å². The lowest BCUT2D eigenvalue weighted by molar-refractivity contribution is 0.630. The van der Waals surface area contributed by atoms with Gasteiger partial charge in [0.1, 0.15) is 4.83 Å². The van der Waals surface area contributed by atoms with Gasteiger partial charge in [-0.2, -0.15) is 0 Å². The second-order valence-corrected chi connectivity index (χ2v) is 12.2. The summed E-state index contributed by atoms with van der Waals surface area (Å²) in [5.74, 6) is 0.425. The lowest BCUT2D eigenvalue weighted by Gasteiger charge is -2.35. The SMILES string of the molecule is [2H]c1c([2H])c([2H])c2c(-c3ccccc3)nc(-c3ccc4c(c3)C(C)(C)c3cccc5c6c7ccccc7sc6n-4c35)nc2c1[2H]. The van der Waals surface area contributed by atoms with Crippen LogP contribution in [0.2, 0.25) is 0 Å². The highest BCUT2D eigenvalue weighted by Crippen LogP contribution is 2.51. The van der Waals surface area contributed by atoms with Gasteiger partial charge in [-0.15, -0.1) is 11.3 Å². The number of para-hydroxylation sites is 2. The first-order chi connectivity index (χ1) is 21.8. The van der Waals surface area contributed by atoms with E-state index in [4.69, 9.17) is 15.5 Å². The van der Waals surface area contributed by atoms with E-state index < -0.39 is 0 Å². The molecule has 0 saturated heterocycles. The fourth-order valence-electron chi connectivity index (χ4n) is 6.58. The standard InChI is InChI=1S/C37H25N3S/c1-37(2)27-16-10-15-26-32-25-14-7-9-18-31(25)41-36(32)40(34(26)27)30-20-19-23(21-28(30)37)35-38-29-17-8-6-13-24(29)33(39-35)22-11-4-3-5-12-22/h3-21H,1-2H3/i6D,8D,13D,17D. The van der Waals surface area contributed by atoms with Gasteiger partial charge in [0.2, 0.25) is 0 Å². The molecule has 0 radical (unpaired) electrons. The van der Waals surface area contributed by atoms with Crippen molar-refractivity contribution in [1.29, 1.82) is 0 Å². The molecule has 5 aromatic carbocycles. The molecule has 0 N–H and O–H groups in total. The smallest absolute Gasteiger partial charge is 0.160 e. The maximum absolute atomic E-state index is 8.73. The van der Waals surface area contributed by atoms with Crippen LogP contribution in [0.15, 0.2) is 115 Å². The van der Waals surface area contributed by atoms with Gasteiger partial charge in [0, 0.05) is 42.8 Å². The van der Waals surface area contributed by atoms with E-state index >= 15 is 0 Å². The minimum absolute atomic E-state index is 0.136. The van der Waals surface area contributed by atoms with Crippen molar-refractivity contribution in [2.75, 3.05) is 0 Å². The molecule has 0 fully saturated rings. The van der Waals surface area contributed by atoms with Crippen molar-refractivity contribution in [2.24, 2.45) is 0 Å². The second kappa shape index (κ2) is 8.12. The number of hydrogen-bond acceptors (Lipinski definition) is 3. The molecule has 8 aromatic rings. The fraction of sp³-hybridized carbons (Fsp3) is 0.0811. The molecule has 0 amide bonds. The first kappa shape index (κ1) is 19.3. The average molecular weight is 548 g/mol. The maximum atomic E-state index is 8.73. The molecular formula is C37H25N3S. The van der Waals surface area contributed by atoms with Crippen LogP contribution in [-0.4, -0.2) is 14.5 Å². The van der Waals surface area contributed by atoms with Crippen LogP contribution in [0.3, 0.4) is 0 Å². The molecule has 41 heavy (non-hydrogen) atoms. The Morgan fingerprint density at radius 3 is 2.44 bits per heavy atom. The predicted octanol–water partition coefficient (Wildman–Crippen LogP) is 9.91. The summed E-state index contributed by atoms with van der Waals surface area (Å²) in [6, 6.07) is 30.2. The van der Waals surface area contributed by atoms with Crippen LogP contribution in [0.1, 0.15) is 30.5 Å². The Balaban J connectivity index is 1.34. The Morgan fingerprint density at radius 2 is 1.54 bits per heavy atom. The first-order valence-electron chi connectivity index (χ1n) is 15.7. The molecule has 3 aromatic heterocycles. The molecule has 4 heterocycles. The third-order valence-corrected chi connectivity index (χ3v) is 9.69. The predicted molar refractivity (Wildman–Crippen MR) is 172 cm³/mol. The van der Waals surface area contributed by atoms with Gasteiger partial charge in [-0.25, -0.2) is 9.97 Å². The zero-order valence-electron chi connectivity index (χ0n) is 26.4. The Bertz CT molecular complexity index is 2570. The van der Waals surface area contributed by atoms with Gasteiger partial charge in [0.25, 0.3) is 0 Å². The molecule has 1 aliphatic heterocycles. The normalized spacial score (nSPS) is 15.2. The summed E-state index contributed by atoms with van der Waals surface area (Å²) in [4.78, 5) is 11.0. The number of fused-ring (bicyclic) bond motifs is 8. The molecular weight excluding hydrogens is 518 g/mol. The monoisotopic (exact) mass is 547 g/mol. The van der Waals surface area contributed by atoms with Gasteiger partial charge in [-0.3, -0.25) is 0 Å². The van der Waals surface area contributed by atoms with Crippen molar-refractivity contribution in [3.63, 3.8) is 0 Å². The third-order valence-electron chi connectivity index (χ3n) is 8.54. The Labute approximate surface area is 247 Å². The number of rotatable bonds is 2. The van der Waals surface area contributed by atoms with Crippen LogP contribution in [0, 0.1) is 0 Å². The summed E-state index contributed by atoms with van der Waals surface area (Å²) in [7, 11) is 0. The van der Waals surface area contributed by atoms with Gasteiger partial charge in [0.05, 0.1) is 27.9 Å². The highest BCUT2D eigenvalue weighted by Gasteiger charge is 2.36. The van der Waals surface area contributed by atoms with Crippen LogP contribution in [0.25, 0.3) is 70.4 Å². The molecule has 0 unspecified atom stereocenters. The van der Waals surface area contributed by atoms with Gasteiger partial charge in [-0.1, -0.05) is 98.7 Å². The number of aromatic nitrogens is 3. The van der Waals surface area contributed by atoms with Gasteiger partial charge in [0.15, 0.2) is 5.82 Å². The van der Waals surface area contributed by atoms with Crippen molar-refractivity contribution in [3.8, 4) is 28.3 Å². The minimum Gasteiger partial charge on any atom is -0.300 e. The van der Waals surface area contributed by atoms with Crippen LogP contribution in [0.5, 0.6) is 0 Å². The summed E-state index contributed by atoms with van der Waals surface area (Å²) in [6.07, 6.45) is 0. The van der Waals surface area contributed by atoms with Gasteiger partial charge >= 0.3 is 0 Å². The van der Waals surface area contributed by atoms with Crippen LogP contribution in [0.4, 0.5) is 0 Å². The van der Waals surface area contributed by atoms with E-state index in [9.17, 15) is 0 Å². The molecule has 194 valence electrons. The van der Waals surface area contributed by atoms with Gasteiger partial charge < -0.3 is 4.57 Å². The first-order valence-corrected chi connectivity index (χ1v) is 14.5. The molecule has 1 aliphatic rings. The van der Waals surface area contributed by atoms with E-state index in [1.165, 1.54) is 36.8 Å². The zero-order chi connectivity index (χ0) is 30.8. The van der Waals surface area contributed by atoms with E-state index in [1.54, 1.807) is 0 Å². The maximum Gasteiger partial charge on any atom is 0.160 e. The summed E-state index contributed by atoms with van der Waals surface area (Å²) < 4.78 is 37.8. The summed E-state index contributed by atoms with van der Waals surface area (Å²) >= 11 is 1.82. The third kappa shape index (κ3) is 3.08. The number of hydrogen-bond donors (Lipinski definition) is 0. The van der Waals surface area contributed by atoms with E-state index in [-0.39, 0.29) is 35.1 Å². The van der Waals surface area contributed by atoms with E-state index in [2.05, 4.69) is 73.0 Å². The zero-order valence-corrected chi connectivity index (χ0v) is 23.2. The second-order valence-electron chi connectivity index (χ2n) is 11.2. The van der Waals surface area contributed by atoms with E-state index in [0.717, 1.165) is 22.4 Å². The molecule has 0 spiro atoms. The van der Waals surface area contributed by atoms with E-state index in [1.807, 2.05) is 47.7 Å². The molecule has 0 bridgehead atoms. The van der Waals surface area contributed by atoms with Crippen LogP contribution in [-0.2, 0) is 5.41 Å². The summed E-state index contributed by atoms with van der Waals surface area (Å²) in [5.41, 5.74) is 6.73. The number of thiophene rings is 1. The molecule has 3 nitrogen and oxygen atoms in total. The lowest BCUT2D eigenvalue weighted by Crippen LogP contribution is -2.26. The van der Waals surface area contributed by atoms with Crippen LogP contribution >= 0.6 is 11.3 Å². The largest absolute Gasteiger partial charge is 0.300 e. The highest BCUT2D eigenvalue weighted by atomic mass is 32.1. The Morgan fingerprint density at radius 1 is 0.732 bits per heavy atom.